The average molecular weight is 249 g/mol. The Hall–Kier alpha value is -1.82. The molecule has 5 nitrogen and oxygen atoms in total. The SMILES string of the molecule is CC(C)(C)NCc1nnnn1-c1ccc(F)cc1. The lowest BCUT2D eigenvalue weighted by atomic mass is 10.1. The molecule has 0 saturated carbocycles. The molecule has 0 radical (unpaired) electrons. The van der Waals surface area contributed by atoms with Crippen molar-refractivity contribution >= 4 is 0 Å². The second kappa shape index (κ2) is 4.81. The van der Waals surface area contributed by atoms with Crippen LogP contribution in [0.2, 0.25) is 0 Å². The zero-order valence-electron chi connectivity index (χ0n) is 10.7. The highest BCUT2D eigenvalue weighted by Gasteiger charge is 2.13. The van der Waals surface area contributed by atoms with Crippen molar-refractivity contribution in [3.05, 3.63) is 35.9 Å². The molecule has 1 heterocycles. The number of aromatic nitrogens is 4. The fourth-order valence-electron chi connectivity index (χ4n) is 1.44. The van der Waals surface area contributed by atoms with E-state index in [9.17, 15) is 4.39 Å². The van der Waals surface area contributed by atoms with Gasteiger partial charge in [-0.2, -0.15) is 4.68 Å². The molecule has 0 aliphatic carbocycles. The quantitative estimate of drug-likeness (QED) is 0.899. The topological polar surface area (TPSA) is 55.6 Å². The van der Waals surface area contributed by atoms with Gasteiger partial charge >= 0.3 is 0 Å². The third-order valence-electron chi connectivity index (χ3n) is 2.38. The summed E-state index contributed by atoms with van der Waals surface area (Å²) < 4.78 is 14.5. The first-order chi connectivity index (χ1) is 8.46. The zero-order chi connectivity index (χ0) is 13.2. The minimum atomic E-state index is -0.277. The van der Waals surface area contributed by atoms with Gasteiger partial charge in [0.15, 0.2) is 5.82 Å². The molecule has 2 rings (SSSR count). The van der Waals surface area contributed by atoms with Gasteiger partial charge < -0.3 is 5.32 Å². The molecule has 0 atom stereocenters. The largest absolute Gasteiger partial charge is 0.305 e. The van der Waals surface area contributed by atoms with Gasteiger partial charge in [0, 0.05) is 5.54 Å². The molecule has 0 unspecified atom stereocenters. The van der Waals surface area contributed by atoms with E-state index in [2.05, 4.69) is 41.6 Å². The van der Waals surface area contributed by atoms with Crippen LogP contribution >= 0.6 is 0 Å². The lowest BCUT2D eigenvalue weighted by Crippen LogP contribution is -2.35. The van der Waals surface area contributed by atoms with Crippen molar-refractivity contribution in [1.29, 1.82) is 0 Å². The predicted molar refractivity (Wildman–Crippen MR) is 65.7 cm³/mol. The van der Waals surface area contributed by atoms with E-state index < -0.39 is 0 Å². The summed E-state index contributed by atoms with van der Waals surface area (Å²) in [4.78, 5) is 0. The van der Waals surface area contributed by atoms with Crippen LogP contribution in [-0.4, -0.2) is 25.7 Å². The summed E-state index contributed by atoms with van der Waals surface area (Å²) in [6, 6.07) is 6.06. The molecule has 0 saturated heterocycles. The van der Waals surface area contributed by atoms with Crippen LogP contribution in [0.1, 0.15) is 26.6 Å². The number of nitrogens with one attached hydrogen (secondary N) is 1. The Morgan fingerprint density at radius 2 is 1.89 bits per heavy atom. The van der Waals surface area contributed by atoms with E-state index in [0.717, 1.165) is 5.69 Å². The zero-order valence-corrected chi connectivity index (χ0v) is 10.7. The predicted octanol–water partition coefficient (Wildman–Crippen LogP) is 1.69. The van der Waals surface area contributed by atoms with Crippen LogP contribution < -0.4 is 5.32 Å². The number of halogens is 1. The number of benzene rings is 1. The molecule has 0 aliphatic heterocycles. The van der Waals surface area contributed by atoms with E-state index in [-0.39, 0.29) is 11.4 Å². The van der Waals surface area contributed by atoms with Gasteiger partial charge in [0.25, 0.3) is 0 Å². The van der Waals surface area contributed by atoms with Crippen LogP contribution in [0.25, 0.3) is 5.69 Å². The first-order valence-corrected chi connectivity index (χ1v) is 5.74. The highest BCUT2D eigenvalue weighted by molar-refractivity contribution is 5.31. The van der Waals surface area contributed by atoms with Gasteiger partial charge in [-0.25, -0.2) is 4.39 Å². The Morgan fingerprint density at radius 3 is 2.50 bits per heavy atom. The monoisotopic (exact) mass is 249 g/mol. The Balaban J connectivity index is 2.20. The smallest absolute Gasteiger partial charge is 0.170 e. The Kier molecular flexibility index (Phi) is 3.38. The Morgan fingerprint density at radius 1 is 1.22 bits per heavy atom. The van der Waals surface area contributed by atoms with Gasteiger partial charge in [-0.3, -0.25) is 0 Å². The van der Waals surface area contributed by atoms with Gasteiger partial charge in [-0.15, -0.1) is 5.10 Å². The molecule has 0 amide bonds. The normalized spacial score (nSPS) is 11.8. The Bertz CT molecular complexity index is 512. The van der Waals surface area contributed by atoms with Crippen LogP contribution in [0.5, 0.6) is 0 Å². The summed E-state index contributed by atoms with van der Waals surface area (Å²) >= 11 is 0. The van der Waals surface area contributed by atoms with Crippen LogP contribution in [-0.2, 0) is 6.54 Å². The van der Waals surface area contributed by atoms with Crippen molar-refractivity contribution < 1.29 is 4.39 Å². The fraction of sp³-hybridized carbons (Fsp3) is 0.417. The van der Waals surface area contributed by atoms with Gasteiger partial charge in [0.05, 0.1) is 12.2 Å². The molecular weight excluding hydrogens is 233 g/mol. The highest BCUT2D eigenvalue weighted by Crippen LogP contribution is 2.10. The number of rotatable bonds is 3. The van der Waals surface area contributed by atoms with Crippen molar-refractivity contribution in [3.8, 4) is 5.69 Å². The maximum Gasteiger partial charge on any atom is 0.170 e. The number of hydrogen-bond donors (Lipinski definition) is 1. The van der Waals surface area contributed by atoms with E-state index >= 15 is 0 Å². The van der Waals surface area contributed by atoms with Gasteiger partial charge in [0.2, 0.25) is 0 Å². The summed E-state index contributed by atoms with van der Waals surface area (Å²) in [5.41, 5.74) is 0.728. The summed E-state index contributed by atoms with van der Waals surface area (Å²) in [6.07, 6.45) is 0. The number of hydrogen-bond acceptors (Lipinski definition) is 4. The maximum atomic E-state index is 12.9. The van der Waals surface area contributed by atoms with E-state index in [0.29, 0.717) is 12.4 Å². The molecule has 0 aliphatic rings. The summed E-state index contributed by atoms with van der Waals surface area (Å²) in [5.74, 6) is 0.415. The van der Waals surface area contributed by atoms with E-state index in [1.807, 2.05) is 0 Å². The standard InChI is InChI=1S/C12H16FN5/c1-12(2,3)14-8-11-15-16-17-18(11)10-6-4-9(13)5-7-10/h4-7,14H,8H2,1-3H3. The molecular formula is C12H16FN5. The van der Waals surface area contributed by atoms with Gasteiger partial charge in [-0.1, -0.05) is 0 Å². The molecule has 0 fully saturated rings. The summed E-state index contributed by atoms with van der Waals surface area (Å²) in [7, 11) is 0. The van der Waals surface area contributed by atoms with Crippen LogP contribution in [0, 0.1) is 5.82 Å². The number of tetrazole rings is 1. The first kappa shape index (κ1) is 12.6. The molecule has 6 heteroatoms. The van der Waals surface area contributed by atoms with Crippen LogP contribution in [0.4, 0.5) is 4.39 Å². The number of nitrogens with zero attached hydrogens (tertiary/aromatic N) is 4. The van der Waals surface area contributed by atoms with Gasteiger partial charge in [0.1, 0.15) is 5.82 Å². The van der Waals surface area contributed by atoms with Crippen molar-refractivity contribution in [2.45, 2.75) is 32.9 Å². The van der Waals surface area contributed by atoms with E-state index in [4.69, 9.17) is 0 Å². The Labute approximate surface area is 105 Å². The van der Waals surface area contributed by atoms with Gasteiger partial charge in [-0.05, 0) is 55.5 Å². The molecule has 0 spiro atoms. The third kappa shape index (κ3) is 3.10. The fourth-order valence-corrected chi connectivity index (χ4v) is 1.44. The molecule has 2 aromatic rings. The van der Waals surface area contributed by atoms with E-state index in [1.165, 1.54) is 12.1 Å². The minimum Gasteiger partial charge on any atom is -0.305 e. The second-order valence-electron chi connectivity index (χ2n) is 5.09. The maximum absolute atomic E-state index is 12.9. The van der Waals surface area contributed by atoms with Crippen LogP contribution in [0.15, 0.2) is 24.3 Å². The lowest BCUT2D eigenvalue weighted by molar-refractivity contribution is 0.415. The van der Waals surface area contributed by atoms with Crippen molar-refractivity contribution in [1.82, 2.24) is 25.5 Å². The summed E-state index contributed by atoms with van der Waals surface area (Å²) in [5, 5.41) is 14.8. The molecule has 1 aromatic carbocycles. The minimum absolute atomic E-state index is 0.0143. The molecule has 96 valence electrons. The molecule has 1 N–H and O–H groups in total. The van der Waals surface area contributed by atoms with E-state index in [1.54, 1.807) is 16.8 Å². The third-order valence-corrected chi connectivity index (χ3v) is 2.38. The average Bonchev–Trinajstić information content (AvgIpc) is 2.75. The molecule has 0 bridgehead atoms. The lowest BCUT2D eigenvalue weighted by Gasteiger charge is -2.19. The second-order valence-corrected chi connectivity index (χ2v) is 5.09. The molecule has 1 aromatic heterocycles. The molecule has 18 heavy (non-hydrogen) atoms. The van der Waals surface area contributed by atoms with Crippen molar-refractivity contribution in [2.24, 2.45) is 0 Å². The van der Waals surface area contributed by atoms with Crippen LogP contribution in [0.3, 0.4) is 0 Å². The highest BCUT2D eigenvalue weighted by atomic mass is 19.1. The first-order valence-electron chi connectivity index (χ1n) is 5.74. The van der Waals surface area contributed by atoms with Crippen molar-refractivity contribution in [3.63, 3.8) is 0 Å². The van der Waals surface area contributed by atoms with Crippen molar-refractivity contribution in [2.75, 3.05) is 0 Å². The summed E-state index contributed by atoms with van der Waals surface area (Å²) in [6.45, 7) is 6.75.